The van der Waals surface area contributed by atoms with Gasteiger partial charge in [-0.15, -0.1) is 0 Å². The molecule has 0 saturated carbocycles. The summed E-state index contributed by atoms with van der Waals surface area (Å²) >= 11 is 0. The van der Waals surface area contributed by atoms with Gasteiger partial charge in [-0.05, 0) is 60.7 Å². The monoisotopic (exact) mass is 369 g/mol. The molecule has 1 radical (unpaired) electrons. The highest BCUT2D eigenvalue weighted by Gasteiger charge is 2.18. The fourth-order valence-corrected chi connectivity index (χ4v) is 3.92. The van der Waals surface area contributed by atoms with E-state index in [2.05, 4.69) is 68.7 Å². The van der Waals surface area contributed by atoms with Gasteiger partial charge in [0.25, 0.3) is 0 Å². The minimum Gasteiger partial charge on any atom is -0.366 e. The number of carbonyl (C=O) groups excluding carboxylic acids is 1. The summed E-state index contributed by atoms with van der Waals surface area (Å²) in [6.07, 6.45) is 0. The second-order valence-corrected chi connectivity index (χ2v) is 7.93. The van der Waals surface area contributed by atoms with Gasteiger partial charge in [0.1, 0.15) is 0 Å². The van der Waals surface area contributed by atoms with Crippen LogP contribution in [0.4, 0.5) is 0 Å². The number of aryl methyl sites for hydroxylation is 2. The molecule has 3 aromatic carbocycles. The summed E-state index contributed by atoms with van der Waals surface area (Å²) in [5.74, 6) is 0.00107. The molecule has 0 saturated heterocycles. The number of hydrogen-bond donors (Lipinski definition) is 1. The highest BCUT2D eigenvalue weighted by molar-refractivity contribution is 6.17. The van der Waals surface area contributed by atoms with Crippen LogP contribution in [0.5, 0.6) is 0 Å². The van der Waals surface area contributed by atoms with E-state index in [1.54, 1.807) is 6.07 Å². The number of nitrogens with zero attached hydrogens (tertiary/aromatic N) is 1. The molecule has 0 bridgehead atoms. The smallest absolute Gasteiger partial charge is 0.249 e. The molecule has 3 heteroatoms. The third-order valence-electron chi connectivity index (χ3n) is 5.58. The number of amides is 1. The van der Waals surface area contributed by atoms with Crippen LogP contribution in [0.25, 0.3) is 21.8 Å². The number of primary amides is 1. The van der Waals surface area contributed by atoms with E-state index in [9.17, 15) is 4.79 Å². The Morgan fingerprint density at radius 1 is 1.11 bits per heavy atom. The van der Waals surface area contributed by atoms with Gasteiger partial charge in [-0.25, -0.2) is 0 Å². The Morgan fingerprint density at radius 2 is 1.89 bits per heavy atom. The normalized spacial score (nSPS) is 11.6. The van der Waals surface area contributed by atoms with Crippen molar-refractivity contribution in [1.29, 1.82) is 0 Å². The first-order valence-corrected chi connectivity index (χ1v) is 9.69. The quantitative estimate of drug-likeness (QED) is 0.508. The number of hydrogen-bond acceptors (Lipinski definition) is 1. The molecular formula is C25H25N2O. The van der Waals surface area contributed by atoms with Crippen molar-refractivity contribution in [2.24, 2.45) is 5.73 Å². The average molecular weight is 369 g/mol. The molecule has 0 spiro atoms. The predicted octanol–water partition coefficient (Wildman–Crippen LogP) is 5.48. The van der Waals surface area contributed by atoms with E-state index in [0.29, 0.717) is 11.5 Å². The molecule has 141 valence electrons. The zero-order valence-electron chi connectivity index (χ0n) is 16.8. The molecule has 0 atom stereocenters. The standard InChI is InChI=1S/C25H25N2O/c1-15(2)18-10-11-20-23(13-18)27(14-19-12-16(3)8-9-17(19)4)22-7-5-6-21(24(20)22)25(26)28/h5-10,12-13,15H,14H2,1-4H3,(H2,26,28). The summed E-state index contributed by atoms with van der Waals surface area (Å²) in [5, 5.41) is 1.85. The van der Waals surface area contributed by atoms with Crippen molar-refractivity contribution in [3.63, 3.8) is 0 Å². The number of carbonyl (C=O) groups is 1. The average Bonchev–Trinajstić information content (AvgIpc) is 2.98. The molecule has 28 heavy (non-hydrogen) atoms. The Balaban J connectivity index is 2.06. The van der Waals surface area contributed by atoms with Crippen LogP contribution in [-0.2, 0) is 6.54 Å². The zero-order chi connectivity index (χ0) is 20.0. The number of fused-ring (bicyclic) bond motifs is 3. The van der Waals surface area contributed by atoms with Crippen LogP contribution in [0, 0.1) is 19.9 Å². The summed E-state index contributed by atoms with van der Waals surface area (Å²) in [7, 11) is 0. The molecule has 0 aliphatic heterocycles. The molecule has 4 rings (SSSR count). The van der Waals surface area contributed by atoms with Crippen molar-refractivity contribution in [3.05, 3.63) is 82.4 Å². The van der Waals surface area contributed by atoms with E-state index in [1.165, 1.54) is 22.3 Å². The van der Waals surface area contributed by atoms with Crippen molar-refractivity contribution in [2.45, 2.75) is 40.2 Å². The van der Waals surface area contributed by atoms with Crippen molar-refractivity contribution in [1.82, 2.24) is 4.57 Å². The molecule has 0 fully saturated rings. The first-order chi connectivity index (χ1) is 13.4. The van der Waals surface area contributed by atoms with Gasteiger partial charge in [-0.3, -0.25) is 4.79 Å². The highest BCUT2D eigenvalue weighted by atomic mass is 16.1. The highest BCUT2D eigenvalue weighted by Crippen LogP contribution is 2.34. The molecule has 3 nitrogen and oxygen atoms in total. The van der Waals surface area contributed by atoms with Crippen molar-refractivity contribution in [2.75, 3.05) is 0 Å². The lowest BCUT2D eigenvalue weighted by atomic mass is 10.00. The molecule has 1 aromatic heterocycles. The van der Waals surface area contributed by atoms with E-state index >= 15 is 0 Å². The number of nitrogens with two attached hydrogens (primary N) is 1. The lowest BCUT2D eigenvalue weighted by molar-refractivity contribution is 0.100. The molecule has 1 amide bonds. The third kappa shape index (κ3) is 2.97. The second-order valence-electron chi connectivity index (χ2n) is 7.93. The molecule has 1 heterocycles. The zero-order valence-corrected chi connectivity index (χ0v) is 16.8. The Morgan fingerprint density at radius 3 is 2.61 bits per heavy atom. The SMILES string of the molecule is Cc1ccc(C)c(Cn2c3cc(C(C)C)c[c]c3c3c(C(N)=O)cccc32)c1. The lowest BCUT2D eigenvalue weighted by Gasteiger charge is -2.12. The van der Waals surface area contributed by atoms with Crippen LogP contribution >= 0.6 is 0 Å². The summed E-state index contributed by atoms with van der Waals surface area (Å²) in [6, 6.07) is 20.0. The summed E-state index contributed by atoms with van der Waals surface area (Å²) in [5.41, 5.74) is 13.4. The topological polar surface area (TPSA) is 48.0 Å². The van der Waals surface area contributed by atoms with Gasteiger partial charge in [0.15, 0.2) is 0 Å². The van der Waals surface area contributed by atoms with E-state index in [-0.39, 0.29) is 0 Å². The fourth-order valence-electron chi connectivity index (χ4n) is 3.92. The van der Waals surface area contributed by atoms with Crippen LogP contribution in [0.15, 0.2) is 48.5 Å². The number of rotatable bonds is 4. The van der Waals surface area contributed by atoms with Gasteiger partial charge in [0, 0.05) is 22.9 Å². The van der Waals surface area contributed by atoms with Crippen LogP contribution in [0.2, 0.25) is 0 Å². The van der Waals surface area contributed by atoms with Gasteiger partial charge in [0.2, 0.25) is 5.91 Å². The Labute approximate surface area is 165 Å². The lowest BCUT2D eigenvalue weighted by Crippen LogP contribution is -2.11. The summed E-state index contributed by atoms with van der Waals surface area (Å²) in [6.45, 7) is 9.36. The molecule has 0 aliphatic rings. The van der Waals surface area contributed by atoms with Gasteiger partial charge in [-0.2, -0.15) is 0 Å². The number of aromatic nitrogens is 1. The largest absolute Gasteiger partial charge is 0.366 e. The maximum atomic E-state index is 12.1. The Hall–Kier alpha value is -3.07. The Bertz CT molecular complexity index is 1210. The van der Waals surface area contributed by atoms with E-state index in [1.807, 2.05) is 12.1 Å². The summed E-state index contributed by atoms with van der Waals surface area (Å²) in [4.78, 5) is 12.1. The minimum absolute atomic E-state index is 0.405. The van der Waals surface area contributed by atoms with Crippen molar-refractivity contribution >= 4 is 27.7 Å². The van der Waals surface area contributed by atoms with Crippen molar-refractivity contribution < 1.29 is 4.79 Å². The van der Waals surface area contributed by atoms with Gasteiger partial charge < -0.3 is 10.3 Å². The predicted molar refractivity (Wildman–Crippen MR) is 116 cm³/mol. The van der Waals surface area contributed by atoms with Crippen LogP contribution in [0.3, 0.4) is 0 Å². The van der Waals surface area contributed by atoms with Gasteiger partial charge in [-0.1, -0.05) is 49.7 Å². The van der Waals surface area contributed by atoms with Crippen LogP contribution < -0.4 is 5.73 Å². The molecule has 0 aliphatic carbocycles. The molecule has 2 N–H and O–H groups in total. The first kappa shape index (κ1) is 18.3. The van der Waals surface area contributed by atoms with Gasteiger partial charge in [0.05, 0.1) is 11.0 Å². The number of benzene rings is 3. The fraction of sp³-hybridized carbons (Fsp3) is 0.240. The first-order valence-electron chi connectivity index (χ1n) is 9.69. The maximum absolute atomic E-state index is 12.1. The van der Waals surface area contributed by atoms with Gasteiger partial charge >= 0.3 is 0 Å². The summed E-state index contributed by atoms with van der Waals surface area (Å²) < 4.78 is 2.29. The molecule has 0 unspecified atom stereocenters. The van der Waals surface area contributed by atoms with Crippen molar-refractivity contribution in [3.8, 4) is 0 Å². The Kier molecular flexibility index (Phi) is 4.46. The molecular weight excluding hydrogens is 344 g/mol. The second kappa shape index (κ2) is 6.83. The maximum Gasteiger partial charge on any atom is 0.249 e. The molecule has 4 aromatic rings. The third-order valence-corrected chi connectivity index (χ3v) is 5.58. The van der Waals surface area contributed by atoms with Crippen LogP contribution in [-0.4, -0.2) is 10.5 Å². The minimum atomic E-state index is -0.405. The van der Waals surface area contributed by atoms with Crippen LogP contribution in [0.1, 0.15) is 52.4 Å². The van der Waals surface area contributed by atoms with E-state index in [4.69, 9.17) is 5.73 Å². The van der Waals surface area contributed by atoms with E-state index in [0.717, 1.165) is 28.4 Å². The van der Waals surface area contributed by atoms with E-state index < -0.39 is 5.91 Å².